The standard InChI is InChI=1S/C24H30N2O4/c1-17-5-3-6-18(2)24(17)30-20-9-11-26(12-10-20)16-23(27)25-19-7-8-21-22(15-19)29-14-4-13-28-21/h3,5-8,15,20H,4,9-14,16H2,1-2H3,(H,25,27). The molecular weight excluding hydrogens is 380 g/mol. The van der Waals surface area contributed by atoms with E-state index in [2.05, 4.69) is 42.3 Å². The highest BCUT2D eigenvalue weighted by atomic mass is 16.5. The van der Waals surface area contributed by atoms with Crippen LogP contribution < -0.4 is 19.5 Å². The molecule has 6 heteroatoms. The molecule has 0 saturated carbocycles. The summed E-state index contributed by atoms with van der Waals surface area (Å²) in [6.45, 7) is 7.53. The van der Waals surface area contributed by atoms with Crippen LogP contribution in [0.5, 0.6) is 17.2 Å². The number of rotatable bonds is 5. The number of hydrogen-bond acceptors (Lipinski definition) is 5. The molecule has 160 valence electrons. The van der Waals surface area contributed by atoms with E-state index < -0.39 is 0 Å². The molecule has 0 aliphatic carbocycles. The van der Waals surface area contributed by atoms with Crippen molar-refractivity contribution >= 4 is 11.6 Å². The number of para-hydroxylation sites is 1. The second kappa shape index (κ2) is 9.39. The molecule has 4 rings (SSSR count). The van der Waals surface area contributed by atoms with Gasteiger partial charge in [-0.1, -0.05) is 18.2 Å². The molecule has 1 saturated heterocycles. The van der Waals surface area contributed by atoms with E-state index in [9.17, 15) is 4.79 Å². The molecule has 2 aromatic carbocycles. The molecule has 2 aliphatic rings. The number of anilines is 1. The van der Waals surface area contributed by atoms with Crippen molar-refractivity contribution in [1.82, 2.24) is 4.90 Å². The van der Waals surface area contributed by atoms with E-state index in [0.29, 0.717) is 25.5 Å². The molecule has 2 aromatic rings. The van der Waals surface area contributed by atoms with Gasteiger partial charge >= 0.3 is 0 Å². The molecule has 2 heterocycles. The zero-order valence-electron chi connectivity index (χ0n) is 17.8. The zero-order chi connectivity index (χ0) is 20.9. The molecule has 0 spiro atoms. The fourth-order valence-electron chi connectivity index (χ4n) is 3.98. The number of likely N-dealkylation sites (tertiary alicyclic amines) is 1. The third-order valence-corrected chi connectivity index (χ3v) is 5.63. The second-order valence-corrected chi connectivity index (χ2v) is 8.07. The first kappa shape index (κ1) is 20.5. The molecular formula is C24H30N2O4. The van der Waals surface area contributed by atoms with Crippen LogP contribution in [0.4, 0.5) is 5.69 Å². The monoisotopic (exact) mass is 410 g/mol. The van der Waals surface area contributed by atoms with Crippen LogP contribution in [-0.4, -0.2) is 49.8 Å². The lowest BCUT2D eigenvalue weighted by Gasteiger charge is -2.32. The Morgan fingerprint density at radius 1 is 1.07 bits per heavy atom. The Bertz CT molecular complexity index is 871. The first-order chi connectivity index (χ1) is 14.6. The number of fused-ring (bicyclic) bond motifs is 1. The summed E-state index contributed by atoms with van der Waals surface area (Å²) in [6, 6.07) is 11.8. The van der Waals surface area contributed by atoms with Crippen LogP contribution in [0.3, 0.4) is 0 Å². The maximum atomic E-state index is 12.5. The predicted octanol–water partition coefficient (Wildman–Crippen LogP) is 3.95. The molecule has 0 bridgehead atoms. The van der Waals surface area contributed by atoms with E-state index in [1.54, 1.807) is 0 Å². The Balaban J connectivity index is 1.26. The number of piperidine rings is 1. The van der Waals surface area contributed by atoms with Crippen molar-refractivity contribution in [2.45, 2.75) is 39.2 Å². The van der Waals surface area contributed by atoms with Crippen LogP contribution in [0.2, 0.25) is 0 Å². The van der Waals surface area contributed by atoms with Gasteiger partial charge in [0.15, 0.2) is 11.5 Å². The van der Waals surface area contributed by atoms with Gasteiger partial charge in [0.05, 0.1) is 19.8 Å². The van der Waals surface area contributed by atoms with Gasteiger partial charge in [0, 0.05) is 31.3 Å². The van der Waals surface area contributed by atoms with Crippen LogP contribution in [-0.2, 0) is 4.79 Å². The zero-order valence-corrected chi connectivity index (χ0v) is 17.8. The average molecular weight is 411 g/mol. The van der Waals surface area contributed by atoms with Crippen LogP contribution in [0, 0.1) is 13.8 Å². The molecule has 1 N–H and O–H groups in total. The Morgan fingerprint density at radius 3 is 2.50 bits per heavy atom. The summed E-state index contributed by atoms with van der Waals surface area (Å²) in [5.41, 5.74) is 3.08. The van der Waals surface area contributed by atoms with E-state index in [1.807, 2.05) is 18.2 Å². The van der Waals surface area contributed by atoms with Gasteiger partial charge < -0.3 is 19.5 Å². The first-order valence-electron chi connectivity index (χ1n) is 10.7. The van der Waals surface area contributed by atoms with Gasteiger partial charge in [-0.3, -0.25) is 9.69 Å². The lowest BCUT2D eigenvalue weighted by atomic mass is 10.1. The average Bonchev–Trinajstić information content (AvgIpc) is 2.97. The Kier molecular flexibility index (Phi) is 6.43. The number of carbonyl (C=O) groups is 1. The van der Waals surface area contributed by atoms with Gasteiger partial charge in [0.2, 0.25) is 5.91 Å². The van der Waals surface area contributed by atoms with Crippen molar-refractivity contribution in [3.8, 4) is 17.2 Å². The number of nitrogens with zero attached hydrogens (tertiary/aromatic N) is 1. The molecule has 0 atom stereocenters. The van der Waals surface area contributed by atoms with Crippen molar-refractivity contribution in [2.24, 2.45) is 0 Å². The van der Waals surface area contributed by atoms with E-state index in [0.717, 1.165) is 49.5 Å². The minimum Gasteiger partial charge on any atom is -0.490 e. The van der Waals surface area contributed by atoms with E-state index >= 15 is 0 Å². The van der Waals surface area contributed by atoms with Crippen LogP contribution in [0.15, 0.2) is 36.4 Å². The van der Waals surface area contributed by atoms with Gasteiger partial charge in [-0.15, -0.1) is 0 Å². The fourth-order valence-corrected chi connectivity index (χ4v) is 3.98. The maximum Gasteiger partial charge on any atom is 0.238 e. The van der Waals surface area contributed by atoms with Gasteiger partial charge in [0.1, 0.15) is 11.9 Å². The van der Waals surface area contributed by atoms with Crippen LogP contribution in [0.25, 0.3) is 0 Å². The SMILES string of the molecule is Cc1cccc(C)c1OC1CCN(CC(=O)Nc2ccc3c(c2)OCCCO3)CC1. The van der Waals surface area contributed by atoms with Gasteiger partial charge in [0.25, 0.3) is 0 Å². The minimum absolute atomic E-state index is 0.0152. The number of ether oxygens (including phenoxy) is 3. The third-order valence-electron chi connectivity index (χ3n) is 5.63. The smallest absolute Gasteiger partial charge is 0.238 e. The lowest BCUT2D eigenvalue weighted by molar-refractivity contribution is -0.117. The van der Waals surface area contributed by atoms with Gasteiger partial charge in [-0.05, 0) is 49.9 Å². The van der Waals surface area contributed by atoms with Crippen LogP contribution >= 0.6 is 0 Å². The second-order valence-electron chi connectivity index (χ2n) is 8.07. The molecule has 0 aromatic heterocycles. The summed E-state index contributed by atoms with van der Waals surface area (Å²) in [6.07, 6.45) is 2.90. The Morgan fingerprint density at radius 2 is 1.77 bits per heavy atom. The molecule has 0 radical (unpaired) electrons. The third kappa shape index (κ3) is 5.05. The summed E-state index contributed by atoms with van der Waals surface area (Å²) >= 11 is 0. The summed E-state index contributed by atoms with van der Waals surface area (Å²) in [7, 11) is 0. The van der Waals surface area contributed by atoms with Crippen molar-refractivity contribution < 1.29 is 19.0 Å². The maximum absolute atomic E-state index is 12.5. The number of carbonyl (C=O) groups excluding carboxylic acids is 1. The van der Waals surface area contributed by atoms with Crippen molar-refractivity contribution in [2.75, 3.05) is 38.2 Å². The summed E-state index contributed by atoms with van der Waals surface area (Å²) < 4.78 is 17.6. The quantitative estimate of drug-likeness (QED) is 0.809. The van der Waals surface area contributed by atoms with Gasteiger partial charge in [-0.2, -0.15) is 0 Å². The van der Waals surface area contributed by atoms with Crippen molar-refractivity contribution in [1.29, 1.82) is 0 Å². The number of nitrogens with one attached hydrogen (secondary N) is 1. The van der Waals surface area contributed by atoms with Gasteiger partial charge in [-0.25, -0.2) is 0 Å². The van der Waals surface area contributed by atoms with Crippen molar-refractivity contribution in [3.63, 3.8) is 0 Å². The highest BCUT2D eigenvalue weighted by molar-refractivity contribution is 5.92. The topological polar surface area (TPSA) is 60.0 Å². The summed E-state index contributed by atoms with van der Waals surface area (Å²) in [5.74, 6) is 2.41. The first-order valence-corrected chi connectivity index (χ1v) is 10.7. The number of benzene rings is 2. The lowest BCUT2D eigenvalue weighted by Crippen LogP contribution is -2.42. The molecule has 2 aliphatic heterocycles. The number of aryl methyl sites for hydroxylation is 2. The molecule has 30 heavy (non-hydrogen) atoms. The minimum atomic E-state index is -0.0152. The normalized spacial score (nSPS) is 17.3. The van der Waals surface area contributed by atoms with E-state index in [1.165, 1.54) is 11.1 Å². The molecule has 0 unspecified atom stereocenters. The summed E-state index contributed by atoms with van der Waals surface area (Å²) in [4.78, 5) is 14.7. The number of amides is 1. The summed E-state index contributed by atoms with van der Waals surface area (Å²) in [5, 5.41) is 2.98. The van der Waals surface area contributed by atoms with Crippen molar-refractivity contribution in [3.05, 3.63) is 47.5 Å². The van der Waals surface area contributed by atoms with Crippen LogP contribution in [0.1, 0.15) is 30.4 Å². The highest BCUT2D eigenvalue weighted by Gasteiger charge is 2.23. The molecule has 1 amide bonds. The fraction of sp³-hybridized carbons (Fsp3) is 0.458. The highest BCUT2D eigenvalue weighted by Crippen LogP contribution is 2.32. The number of hydrogen-bond donors (Lipinski definition) is 1. The Hall–Kier alpha value is -2.73. The molecule has 1 fully saturated rings. The van der Waals surface area contributed by atoms with E-state index in [-0.39, 0.29) is 12.0 Å². The largest absolute Gasteiger partial charge is 0.490 e. The van der Waals surface area contributed by atoms with E-state index in [4.69, 9.17) is 14.2 Å². The Labute approximate surface area is 178 Å². The molecule has 6 nitrogen and oxygen atoms in total. The predicted molar refractivity (Wildman–Crippen MR) is 117 cm³/mol.